The first-order valence-corrected chi connectivity index (χ1v) is 17.1. The van der Waals surface area contributed by atoms with Gasteiger partial charge >= 0.3 is 0 Å². The third kappa shape index (κ3) is 5.94. The lowest BCUT2D eigenvalue weighted by Gasteiger charge is -2.11. The summed E-state index contributed by atoms with van der Waals surface area (Å²) in [7, 11) is 0. The van der Waals surface area contributed by atoms with Crippen molar-refractivity contribution in [2.75, 3.05) is 0 Å². The highest BCUT2D eigenvalue weighted by molar-refractivity contribution is 6.05. The van der Waals surface area contributed by atoms with Gasteiger partial charge in [-0.3, -0.25) is 0 Å². The van der Waals surface area contributed by atoms with Crippen LogP contribution in [0.5, 0.6) is 0 Å². The predicted molar refractivity (Wildman–Crippen MR) is 210 cm³/mol. The maximum atomic E-state index is 5.18. The van der Waals surface area contributed by atoms with Crippen LogP contribution >= 0.6 is 0 Å². The van der Waals surface area contributed by atoms with E-state index in [4.69, 9.17) is 19.9 Å². The summed E-state index contributed by atoms with van der Waals surface area (Å²) >= 11 is 0. The van der Waals surface area contributed by atoms with Crippen molar-refractivity contribution in [3.63, 3.8) is 0 Å². The molecular weight excluding hydrogens is 621 g/mol. The predicted octanol–water partition coefficient (Wildman–Crippen LogP) is 11.9. The minimum atomic E-state index is 0.701. The topological polar surface area (TPSA) is 51.6 Å². The quantitative estimate of drug-likeness (QED) is 0.168. The van der Waals surface area contributed by atoms with Crippen molar-refractivity contribution in [1.82, 2.24) is 19.9 Å². The molecule has 0 bridgehead atoms. The van der Waals surface area contributed by atoms with Gasteiger partial charge in [0, 0.05) is 38.6 Å². The van der Waals surface area contributed by atoms with Crippen molar-refractivity contribution in [2.24, 2.45) is 0 Å². The Morgan fingerprint density at radius 3 is 1.29 bits per heavy atom. The molecule has 0 radical (unpaired) electrons. The molecule has 0 amide bonds. The van der Waals surface area contributed by atoms with Gasteiger partial charge in [0.25, 0.3) is 0 Å². The number of fused-ring (bicyclic) bond motifs is 3. The molecule has 4 nitrogen and oxygen atoms in total. The fourth-order valence-electron chi connectivity index (χ4n) is 6.69. The van der Waals surface area contributed by atoms with E-state index in [1.807, 2.05) is 42.5 Å². The molecule has 0 N–H and O–H groups in total. The molecule has 4 heteroatoms. The summed E-state index contributed by atoms with van der Waals surface area (Å²) in [4.78, 5) is 20.3. The molecule has 0 unspecified atom stereocenters. The van der Waals surface area contributed by atoms with Gasteiger partial charge in [-0.25, -0.2) is 19.9 Å². The lowest BCUT2D eigenvalue weighted by Crippen LogP contribution is -1.95. The zero-order valence-electron chi connectivity index (χ0n) is 28.0. The van der Waals surface area contributed by atoms with Gasteiger partial charge in [0.2, 0.25) is 0 Å². The van der Waals surface area contributed by atoms with Crippen molar-refractivity contribution >= 4 is 21.8 Å². The van der Waals surface area contributed by atoms with E-state index in [2.05, 4.69) is 140 Å². The van der Waals surface area contributed by atoms with Gasteiger partial charge in [-0.05, 0) is 41.8 Å². The molecule has 0 atom stereocenters. The zero-order chi connectivity index (χ0) is 34.1. The summed E-state index contributed by atoms with van der Waals surface area (Å²) in [5, 5.41) is 2.20. The number of rotatable bonds is 6. The van der Waals surface area contributed by atoms with Crippen LogP contribution in [0.1, 0.15) is 5.56 Å². The van der Waals surface area contributed by atoms with Crippen molar-refractivity contribution in [3.05, 3.63) is 181 Å². The van der Waals surface area contributed by atoms with Crippen LogP contribution in [-0.4, -0.2) is 19.9 Å². The smallest absolute Gasteiger partial charge is 0.160 e. The van der Waals surface area contributed by atoms with Crippen LogP contribution in [0.25, 0.3) is 89.4 Å². The van der Waals surface area contributed by atoms with Gasteiger partial charge < -0.3 is 0 Å². The Labute approximate surface area is 296 Å². The largest absolute Gasteiger partial charge is 0.245 e. The molecule has 3 aromatic heterocycles. The maximum absolute atomic E-state index is 5.18. The van der Waals surface area contributed by atoms with Crippen molar-refractivity contribution in [1.29, 1.82) is 0 Å². The fraction of sp³-hybridized carbons (Fsp3) is 0.0213. The molecule has 6 aromatic carbocycles. The van der Waals surface area contributed by atoms with Crippen LogP contribution in [0.15, 0.2) is 176 Å². The molecule has 3 heterocycles. The van der Waals surface area contributed by atoms with Crippen LogP contribution < -0.4 is 0 Å². The Morgan fingerprint density at radius 1 is 0.314 bits per heavy atom. The second-order valence-corrected chi connectivity index (χ2v) is 12.8. The first-order chi connectivity index (χ1) is 25.2. The van der Waals surface area contributed by atoms with Gasteiger partial charge in [0.05, 0.1) is 33.8 Å². The first-order valence-electron chi connectivity index (χ1n) is 17.1. The molecule has 9 rings (SSSR count). The van der Waals surface area contributed by atoms with E-state index < -0.39 is 0 Å². The molecule has 240 valence electrons. The summed E-state index contributed by atoms with van der Waals surface area (Å²) in [6.07, 6.45) is 0. The Kier molecular flexibility index (Phi) is 7.67. The molecule has 0 spiro atoms. The Bertz CT molecular complexity index is 2600. The van der Waals surface area contributed by atoms with E-state index in [1.54, 1.807) is 0 Å². The molecule has 9 aromatic rings. The summed E-state index contributed by atoms with van der Waals surface area (Å²) in [5.74, 6) is 0.701. The average molecular weight is 653 g/mol. The Hall–Kier alpha value is -6.78. The van der Waals surface area contributed by atoms with Crippen LogP contribution in [0.3, 0.4) is 0 Å². The summed E-state index contributed by atoms with van der Waals surface area (Å²) in [6.45, 7) is 2.15. The standard InChI is InChI=1S/C47H32N4/c1-31-29-42(34-11-5-2-6-12-34)49-46-40(31)27-25-38-26-28-41(48-45(38)46)37-21-17-32(18-22-37)33-19-23-39(24-20-33)47-50-43(35-13-7-3-8-14-35)30-44(51-47)36-15-9-4-10-16-36/h2-30H,1H3. The molecule has 0 aliphatic heterocycles. The zero-order valence-corrected chi connectivity index (χ0v) is 28.0. The van der Waals surface area contributed by atoms with E-state index in [-0.39, 0.29) is 0 Å². The third-order valence-electron chi connectivity index (χ3n) is 9.44. The van der Waals surface area contributed by atoms with Gasteiger partial charge in [-0.1, -0.05) is 158 Å². The third-order valence-corrected chi connectivity index (χ3v) is 9.44. The van der Waals surface area contributed by atoms with E-state index in [1.165, 1.54) is 5.56 Å². The second kappa shape index (κ2) is 12.9. The Morgan fingerprint density at radius 2 is 0.745 bits per heavy atom. The monoisotopic (exact) mass is 652 g/mol. The molecule has 0 aliphatic carbocycles. The van der Waals surface area contributed by atoms with Crippen LogP contribution in [-0.2, 0) is 0 Å². The molecular formula is C47H32N4. The number of aryl methyl sites for hydroxylation is 1. The summed E-state index contributed by atoms with van der Waals surface area (Å²) < 4.78 is 0. The minimum absolute atomic E-state index is 0.701. The van der Waals surface area contributed by atoms with Crippen molar-refractivity contribution < 1.29 is 0 Å². The van der Waals surface area contributed by atoms with Crippen molar-refractivity contribution in [3.8, 4) is 67.5 Å². The number of benzene rings is 6. The van der Waals surface area contributed by atoms with Crippen LogP contribution in [0, 0.1) is 6.92 Å². The fourth-order valence-corrected chi connectivity index (χ4v) is 6.69. The SMILES string of the molecule is Cc1cc(-c2ccccc2)nc2c1ccc1ccc(-c3ccc(-c4ccc(-c5nc(-c6ccccc6)cc(-c6ccccc6)n5)cc4)cc3)nc12. The molecule has 0 aliphatic rings. The van der Waals surface area contributed by atoms with Crippen LogP contribution in [0.2, 0.25) is 0 Å². The normalized spacial score (nSPS) is 11.2. The summed E-state index contributed by atoms with van der Waals surface area (Å²) in [5.41, 5.74) is 14.2. The molecule has 0 saturated heterocycles. The highest BCUT2D eigenvalue weighted by Crippen LogP contribution is 2.33. The molecule has 0 saturated carbocycles. The van der Waals surface area contributed by atoms with Crippen molar-refractivity contribution in [2.45, 2.75) is 6.92 Å². The molecule has 0 fully saturated rings. The van der Waals surface area contributed by atoms with E-state index in [9.17, 15) is 0 Å². The highest BCUT2D eigenvalue weighted by Gasteiger charge is 2.13. The first kappa shape index (κ1) is 30.3. The van der Waals surface area contributed by atoms with Crippen LogP contribution in [0.4, 0.5) is 0 Å². The second-order valence-electron chi connectivity index (χ2n) is 12.8. The van der Waals surface area contributed by atoms with Gasteiger partial charge in [-0.15, -0.1) is 0 Å². The number of pyridine rings is 2. The van der Waals surface area contributed by atoms with E-state index in [0.717, 1.165) is 83.5 Å². The lowest BCUT2D eigenvalue weighted by molar-refractivity contribution is 1.18. The number of hydrogen-bond donors (Lipinski definition) is 0. The minimum Gasteiger partial charge on any atom is -0.245 e. The Balaban J connectivity index is 1.03. The van der Waals surface area contributed by atoms with Gasteiger partial charge in [0.1, 0.15) is 0 Å². The highest BCUT2D eigenvalue weighted by atomic mass is 14.9. The summed E-state index contributed by atoms with van der Waals surface area (Å²) in [6, 6.07) is 60.8. The average Bonchev–Trinajstić information content (AvgIpc) is 3.21. The van der Waals surface area contributed by atoms with E-state index in [0.29, 0.717) is 5.82 Å². The molecule has 51 heavy (non-hydrogen) atoms. The number of nitrogens with zero attached hydrogens (tertiary/aromatic N) is 4. The number of hydrogen-bond acceptors (Lipinski definition) is 4. The maximum Gasteiger partial charge on any atom is 0.160 e. The van der Waals surface area contributed by atoms with Gasteiger partial charge in [-0.2, -0.15) is 0 Å². The van der Waals surface area contributed by atoms with E-state index >= 15 is 0 Å². The van der Waals surface area contributed by atoms with Gasteiger partial charge in [0.15, 0.2) is 5.82 Å². The number of aromatic nitrogens is 4. The lowest BCUT2D eigenvalue weighted by atomic mass is 10.00.